The van der Waals surface area contributed by atoms with E-state index in [4.69, 9.17) is 4.74 Å². The van der Waals surface area contributed by atoms with Crippen molar-refractivity contribution in [1.29, 1.82) is 0 Å². The zero-order valence-electron chi connectivity index (χ0n) is 21.3. The van der Waals surface area contributed by atoms with Crippen molar-refractivity contribution in [3.63, 3.8) is 0 Å². The minimum atomic E-state index is -3.23. The Balaban J connectivity index is 1.50. The van der Waals surface area contributed by atoms with E-state index in [2.05, 4.69) is 32.9 Å². The van der Waals surface area contributed by atoms with Crippen LogP contribution in [0, 0.1) is 9.49 Å². The fraction of sp³-hybridized carbons (Fsp3) is 0.444. The molecule has 10 heteroatoms. The van der Waals surface area contributed by atoms with Crippen LogP contribution in [-0.2, 0) is 34.6 Å². The van der Waals surface area contributed by atoms with Gasteiger partial charge in [-0.3, -0.25) is 9.48 Å². The molecule has 4 atom stereocenters. The normalized spacial score (nSPS) is 25.3. The number of carbonyl (C=O) groups excluding carboxylic acids is 1. The Bertz CT molecular complexity index is 1280. The maximum atomic E-state index is 16.0. The maximum Gasteiger partial charge on any atom is 0.264 e. The molecule has 0 unspecified atom stereocenters. The first kappa shape index (κ1) is 26.5. The number of aryl methyl sites for hydroxylation is 1. The average molecular weight is 635 g/mol. The van der Waals surface area contributed by atoms with Crippen LogP contribution in [0.4, 0.5) is 9.80 Å². The summed E-state index contributed by atoms with van der Waals surface area (Å²) in [5.41, 5.74) is 1.83. The molecule has 2 aliphatic heterocycles. The highest BCUT2D eigenvalue weighted by Crippen LogP contribution is 2.60. The zero-order valence-corrected chi connectivity index (χ0v) is 24.4. The van der Waals surface area contributed by atoms with E-state index in [0.717, 1.165) is 20.4 Å². The molecule has 0 aliphatic carbocycles. The standard InChI is InChI=1S/C27H32FIN4O3Si/c1-18-25(37(2,3)28)24(11-13-32-17-21(12-14-34)30-31-32)36-27(18)22-15-20(29)9-10-23(22)33(26(27)35)16-19-7-5-4-6-8-19/h4-10,15,17-18,24-25,34H,11-14,16H2,1-3H3/t18-,24+,25-,27+/m0/s1. The molecule has 3 aromatic rings. The van der Waals surface area contributed by atoms with Crippen LogP contribution in [-0.4, -0.2) is 47.1 Å². The van der Waals surface area contributed by atoms with Crippen molar-refractivity contribution in [2.45, 2.75) is 63.2 Å². The van der Waals surface area contributed by atoms with Crippen molar-refractivity contribution in [3.05, 3.63) is 75.1 Å². The molecule has 1 N–H and O–H groups in total. The van der Waals surface area contributed by atoms with Gasteiger partial charge in [-0.2, -0.15) is 0 Å². The quantitative estimate of drug-likeness (QED) is 0.218. The summed E-state index contributed by atoms with van der Waals surface area (Å²) in [6, 6.07) is 15.9. The van der Waals surface area contributed by atoms with Gasteiger partial charge in [-0.05, 0) is 65.9 Å². The lowest BCUT2D eigenvalue weighted by atomic mass is 9.82. The molecule has 1 saturated heterocycles. The summed E-state index contributed by atoms with van der Waals surface area (Å²) >= 11 is 2.26. The maximum absolute atomic E-state index is 16.0. The molecule has 2 aliphatic rings. The summed E-state index contributed by atoms with van der Waals surface area (Å²) in [4.78, 5) is 16.1. The second-order valence-corrected chi connectivity index (χ2v) is 15.6. The Hall–Kier alpha value is -2.15. The highest BCUT2D eigenvalue weighted by Gasteiger charge is 2.66. The Morgan fingerprint density at radius 1 is 1.22 bits per heavy atom. The van der Waals surface area contributed by atoms with E-state index in [-0.39, 0.29) is 24.0 Å². The lowest BCUT2D eigenvalue weighted by Gasteiger charge is -2.31. The van der Waals surface area contributed by atoms with Crippen molar-refractivity contribution in [3.8, 4) is 0 Å². The highest BCUT2D eigenvalue weighted by molar-refractivity contribution is 14.1. The molecule has 196 valence electrons. The number of aliphatic hydroxyl groups is 1. The largest absolute Gasteiger partial charge is 0.396 e. The van der Waals surface area contributed by atoms with Crippen molar-refractivity contribution < 1.29 is 18.7 Å². The van der Waals surface area contributed by atoms with Crippen molar-refractivity contribution >= 4 is 42.6 Å². The molecule has 1 spiro atoms. The second kappa shape index (κ2) is 10.2. The molecule has 1 amide bonds. The zero-order chi connectivity index (χ0) is 26.4. The minimum Gasteiger partial charge on any atom is -0.396 e. The number of fused-ring (bicyclic) bond motifs is 2. The molecule has 0 radical (unpaired) electrons. The monoisotopic (exact) mass is 634 g/mol. The fourth-order valence-corrected chi connectivity index (χ4v) is 9.18. The topological polar surface area (TPSA) is 80.5 Å². The number of aromatic nitrogens is 3. The van der Waals surface area contributed by atoms with Crippen molar-refractivity contribution in [2.75, 3.05) is 11.5 Å². The number of halogens is 2. The van der Waals surface area contributed by atoms with Crippen molar-refractivity contribution in [1.82, 2.24) is 15.0 Å². The molecule has 1 aromatic heterocycles. The molecule has 7 nitrogen and oxygen atoms in total. The van der Waals surface area contributed by atoms with Gasteiger partial charge in [0, 0.05) is 46.4 Å². The van der Waals surface area contributed by atoms with Crippen LogP contribution in [0.1, 0.15) is 30.2 Å². The summed E-state index contributed by atoms with van der Waals surface area (Å²) in [6.07, 6.45) is 2.33. The lowest BCUT2D eigenvalue weighted by Crippen LogP contribution is -2.45. The average Bonchev–Trinajstić information content (AvgIpc) is 3.49. The Labute approximate surface area is 231 Å². The molecule has 37 heavy (non-hydrogen) atoms. The minimum absolute atomic E-state index is 0.00792. The van der Waals surface area contributed by atoms with Gasteiger partial charge in [0.1, 0.15) is 0 Å². The summed E-state index contributed by atoms with van der Waals surface area (Å²) in [6.45, 7) is 6.36. The number of benzene rings is 2. The van der Waals surface area contributed by atoms with E-state index >= 15 is 4.11 Å². The molecule has 5 rings (SSSR count). The number of nitrogens with zero attached hydrogens (tertiary/aromatic N) is 4. The van der Waals surface area contributed by atoms with Crippen LogP contribution in [0.5, 0.6) is 0 Å². The first-order valence-electron chi connectivity index (χ1n) is 12.7. The number of amides is 1. The number of aliphatic hydroxyl groups excluding tert-OH is 1. The summed E-state index contributed by atoms with van der Waals surface area (Å²) in [7, 11) is -3.23. The lowest BCUT2D eigenvalue weighted by molar-refractivity contribution is -0.146. The third-order valence-corrected chi connectivity index (χ3v) is 10.8. The van der Waals surface area contributed by atoms with Crippen molar-refractivity contribution in [2.24, 2.45) is 5.92 Å². The summed E-state index contributed by atoms with van der Waals surface area (Å²) in [5, 5.41) is 17.4. The number of rotatable bonds is 8. The number of ether oxygens (including phenoxy) is 1. The number of hydrogen-bond acceptors (Lipinski definition) is 5. The van der Waals surface area contributed by atoms with E-state index in [1.54, 1.807) is 24.0 Å². The van der Waals surface area contributed by atoms with E-state index in [0.29, 0.717) is 31.6 Å². The van der Waals surface area contributed by atoms with E-state index in [1.165, 1.54) is 0 Å². The van der Waals surface area contributed by atoms with Gasteiger partial charge in [-0.1, -0.05) is 42.5 Å². The molecule has 0 bridgehead atoms. The van der Waals surface area contributed by atoms with Gasteiger partial charge in [0.05, 0.1) is 24.0 Å². The Morgan fingerprint density at radius 3 is 2.68 bits per heavy atom. The second-order valence-electron chi connectivity index (χ2n) is 10.5. The fourth-order valence-electron chi connectivity index (χ4n) is 6.15. The van der Waals surface area contributed by atoms with Gasteiger partial charge in [0.2, 0.25) is 8.41 Å². The number of anilines is 1. The smallest absolute Gasteiger partial charge is 0.264 e. The van der Waals surface area contributed by atoms with Gasteiger partial charge >= 0.3 is 0 Å². The van der Waals surface area contributed by atoms with Gasteiger partial charge in [0.25, 0.3) is 5.91 Å². The SMILES string of the molecule is C[C@H]1[C@H]([Si](C)(C)F)[C@@H](CCn2cc(CCO)nn2)O[C@]12C(=O)N(Cc1ccccc1)c1ccc(I)cc12. The first-order chi connectivity index (χ1) is 17.6. The van der Waals surface area contributed by atoms with Gasteiger partial charge in [0.15, 0.2) is 5.60 Å². The number of hydrogen-bond donors (Lipinski definition) is 1. The van der Waals surface area contributed by atoms with E-state index in [1.807, 2.05) is 60.4 Å². The molecule has 1 fully saturated rings. The number of carbonyl (C=O) groups is 1. The van der Waals surface area contributed by atoms with Crippen LogP contribution in [0.2, 0.25) is 18.6 Å². The van der Waals surface area contributed by atoms with Crippen LogP contribution in [0.15, 0.2) is 54.7 Å². The van der Waals surface area contributed by atoms with Gasteiger partial charge in [-0.25, -0.2) is 0 Å². The predicted molar refractivity (Wildman–Crippen MR) is 150 cm³/mol. The highest BCUT2D eigenvalue weighted by atomic mass is 127. The van der Waals surface area contributed by atoms with Crippen LogP contribution in [0.3, 0.4) is 0 Å². The first-order valence-corrected chi connectivity index (χ1v) is 16.7. The third-order valence-electron chi connectivity index (χ3n) is 7.70. The predicted octanol–water partition coefficient (Wildman–Crippen LogP) is 4.83. The summed E-state index contributed by atoms with van der Waals surface area (Å²) in [5.74, 6) is -0.437. The van der Waals surface area contributed by atoms with E-state index < -0.39 is 20.1 Å². The molecular weight excluding hydrogens is 602 g/mol. The van der Waals surface area contributed by atoms with Gasteiger partial charge < -0.3 is 18.9 Å². The molecule has 3 heterocycles. The van der Waals surface area contributed by atoms with Crippen LogP contribution < -0.4 is 4.90 Å². The molecule has 0 saturated carbocycles. The van der Waals surface area contributed by atoms with Gasteiger partial charge in [-0.15, -0.1) is 5.10 Å². The van der Waals surface area contributed by atoms with E-state index in [9.17, 15) is 9.90 Å². The third kappa shape index (κ3) is 4.77. The summed E-state index contributed by atoms with van der Waals surface area (Å²) < 4.78 is 25.5. The Kier molecular flexibility index (Phi) is 7.29. The Morgan fingerprint density at radius 2 is 1.97 bits per heavy atom. The molecular formula is C27H32FIN4O3Si. The van der Waals surface area contributed by atoms with Crippen LogP contribution >= 0.6 is 22.6 Å². The van der Waals surface area contributed by atoms with Crippen LogP contribution in [0.25, 0.3) is 0 Å². The molecule has 2 aromatic carbocycles.